The average Bonchev–Trinajstić information content (AvgIpc) is 2.43. The molecule has 1 N–H and O–H groups in total. The van der Waals surface area contributed by atoms with Crippen LogP contribution in [0.2, 0.25) is 0 Å². The minimum atomic E-state index is -0.810. The van der Waals surface area contributed by atoms with E-state index < -0.39 is 11.6 Å². The van der Waals surface area contributed by atoms with Crippen LogP contribution in [0.5, 0.6) is 0 Å². The molecule has 0 saturated heterocycles. The van der Waals surface area contributed by atoms with Crippen molar-refractivity contribution in [2.75, 3.05) is 7.05 Å². The van der Waals surface area contributed by atoms with Crippen molar-refractivity contribution in [3.8, 4) is 0 Å². The van der Waals surface area contributed by atoms with E-state index in [4.69, 9.17) is 0 Å². The van der Waals surface area contributed by atoms with Crippen LogP contribution in [-0.2, 0) is 6.42 Å². The van der Waals surface area contributed by atoms with Gasteiger partial charge < -0.3 is 5.32 Å². The number of aryl methyl sites for hydroxylation is 2. The van der Waals surface area contributed by atoms with Crippen molar-refractivity contribution in [2.24, 2.45) is 0 Å². The molecule has 0 aliphatic rings. The van der Waals surface area contributed by atoms with Crippen LogP contribution >= 0.6 is 0 Å². The molecule has 0 aliphatic carbocycles. The first kappa shape index (κ1) is 14.7. The zero-order valence-corrected chi connectivity index (χ0v) is 12.0. The van der Waals surface area contributed by atoms with Crippen LogP contribution in [0.15, 0.2) is 36.4 Å². The lowest BCUT2D eigenvalue weighted by Gasteiger charge is -2.18. The van der Waals surface area contributed by atoms with Crippen LogP contribution < -0.4 is 5.32 Å². The molecule has 1 nitrogen and oxygen atoms in total. The normalized spacial score (nSPS) is 12.4. The van der Waals surface area contributed by atoms with Gasteiger partial charge in [0.1, 0.15) is 0 Å². The third kappa shape index (κ3) is 3.23. The van der Waals surface area contributed by atoms with Crippen LogP contribution in [0.25, 0.3) is 0 Å². The maximum atomic E-state index is 13.4. The maximum absolute atomic E-state index is 13.4. The van der Waals surface area contributed by atoms with Crippen molar-refractivity contribution in [3.05, 3.63) is 70.3 Å². The lowest BCUT2D eigenvalue weighted by Crippen LogP contribution is -2.19. The van der Waals surface area contributed by atoms with Crippen LogP contribution in [0.4, 0.5) is 8.78 Å². The molecule has 106 valence electrons. The molecule has 1 unspecified atom stereocenters. The Morgan fingerprint density at radius 1 is 1.00 bits per heavy atom. The summed E-state index contributed by atoms with van der Waals surface area (Å²) in [6, 6.07) is 10.3. The first-order valence-corrected chi connectivity index (χ1v) is 6.69. The van der Waals surface area contributed by atoms with Crippen molar-refractivity contribution < 1.29 is 8.78 Å². The summed E-state index contributed by atoms with van der Waals surface area (Å²) in [6.07, 6.45) is 0.745. The van der Waals surface area contributed by atoms with Crippen LogP contribution in [0.3, 0.4) is 0 Å². The molecule has 20 heavy (non-hydrogen) atoms. The van der Waals surface area contributed by atoms with E-state index in [0.717, 1.165) is 12.0 Å². The molecule has 3 heteroatoms. The van der Waals surface area contributed by atoms with Crippen molar-refractivity contribution in [1.29, 1.82) is 0 Å². The fourth-order valence-electron chi connectivity index (χ4n) is 2.36. The molecular formula is C17H19F2N. The SMILES string of the molecule is CNC(Cc1cc(C)ccc1C)c1ccc(F)c(F)c1. The lowest BCUT2D eigenvalue weighted by atomic mass is 9.95. The quantitative estimate of drug-likeness (QED) is 0.886. The van der Waals surface area contributed by atoms with Gasteiger partial charge >= 0.3 is 0 Å². The Bertz CT molecular complexity index is 608. The van der Waals surface area contributed by atoms with Crippen molar-refractivity contribution in [3.63, 3.8) is 0 Å². The van der Waals surface area contributed by atoms with E-state index in [2.05, 4.69) is 37.4 Å². The van der Waals surface area contributed by atoms with Gasteiger partial charge in [-0.2, -0.15) is 0 Å². The minimum absolute atomic E-state index is 0.0365. The van der Waals surface area contributed by atoms with E-state index in [0.29, 0.717) is 0 Å². The molecule has 0 heterocycles. The average molecular weight is 275 g/mol. The predicted molar refractivity (Wildman–Crippen MR) is 77.8 cm³/mol. The number of halogens is 2. The van der Waals surface area contributed by atoms with Gasteiger partial charge in [0.15, 0.2) is 11.6 Å². The highest BCUT2D eigenvalue weighted by Crippen LogP contribution is 2.22. The second-order valence-electron chi connectivity index (χ2n) is 5.15. The molecule has 2 aromatic rings. The van der Waals surface area contributed by atoms with Crippen LogP contribution in [0.1, 0.15) is 28.3 Å². The molecule has 0 saturated carbocycles. The molecule has 0 radical (unpaired) electrons. The monoisotopic (exact) mass is 275 g/mol. The first-order chi connectivity index (χ1) is 9.51. The first-order valence-electron chi connectivity index (χ1n) is 6.69. The summed E-state index contributed by atoms with van der Waals surface area (Å²) >= 11 is 0. The van der Waals surface area contributed by atoms with E-state index in [1.165, 1.54) is 28.8 Å². The van der Waals surface area contributed by atoms with Crippen molar-refractivity contribution >= 4 is 0 Å². The van der Waals surface area contributed by atoms with E-state index in [9.17, 15) is 8.78 Å². The predicted octanol–water partition coefficient (Wildman–Crippen LogP) is 4.08. The highest BCUT2D eigenvalue weighted by Gasteiger charge is 2.14. The number of nitrogens with one attached hydrogen (secondary N) is 1. The zero-order valence-electron chi connectivity index (χ0n) is 12.0. The summed E-state index contributed by atoms with van der Waals surface area (Å²) in [5, 5.41) is 3.17. The lowest BCUT2D eigenvalue weighted by molar-refractivity contribution is 0.501. The van der Waals surface area contributed by atoms with Gasteiger partial charge in [0.2, 0.25) is 0 Å². The van der Waals surface area contributed by atoms with E-state index >= 15 is 0 Å². The topological polar surface area (TPSA) is 12.0 Å². The minimum Gasteiger partial charge on any atom is -0.313 e. The second kappa shape index (κ2) is 6.14. The Morgan fingerprint density at radius 2 is 1.75 bits per heavy atom. The zero-order chi connectivity index (χ0) is 14.7. The smallest absolute Gasteiger partial charge is 0.159 e. The van der Waals surface area contributed by atoms with Gasteiger partial charge in [0, 0.05) is 6.04 Å². The number of hydrogen-bond donors (Lipinski definition) is 1. The molecule has 0 amide bonds. The number of hydrogen-bond acceptors (Lipinski definition) is 1. The number of likely N-dealkylation sites (N-methyl/N-ethyl adjacent to an activating group) is 1. The number of benzene rings is 2. The highest BCUT2D eigenvalue weighted by atomic mass is 19.2. The van der Waals surface area contributed by atoms with Gasteiger partial charge in [-0.15, -0.1) is 0 Å². The third-order valence-corrected chi connectivity index (χ3v) is 3.62. The molecule has 0 aliphatic heterocycles. The Hall–Kier alpha value is -1.74. The Morgan fingerprint density at radius 3 is 2.40 bits per heavy atom. The number of rotatable bonds is 4. The maximum Gasteiger partial charge on any atom is 0.159 e. The Labute approximate surface area is 118 Å². The molecular weight excluding hydrogens is 256 g/mol. The summed E-state index contributed by atoms with van der Waals surface area (Å²) < 4.78 is 26.4. The van der Waals surface area contributed by atoms with Gasteiger partial charge in [-0.25, -0.2) is 8.78 Å². The van der Waals surface area contributed by atoms with Crippen molar-refractivity contribution in [2.45, 2.75) is 26.3 Å². The summed E-state index contributed by atoms with van der Waals surface area (Å²) in [5.41, 5.74) is 4.38. The third-order valence-electron chi connectivity index (χ3n) is 3.62. The standard InChI is InChI=1S/C17H19F2N/c1-11-4-5-12(2)14(8-11)10-17(20-3)13-6-7-15(18)16(19)9-13/h4-9,17,20H,10H2,1-3H3. The van der Waals surface area contributed by atoms with Crippen molar-refractivity contribution in [1.82, 2.24) is 5.32 Å². The Balaban J connectivity index is 2.28. The van der Waals surface area contributed by atoms with Gasteiger partial charge in [-0.1, -0.05) is 29.8 Å². The summed E-state index contributed by atoms with van der Waals surface area (Å²) in [4.78, 5) is 0. The fourth-order valence-corrected chi connectivity index (χ4v) is 2.36. The van der Waals surface area contributed by atoms with E-state index in [-0.39, 0.29) is 6.04 Å². The van der Waals surface area contributed by atoms with E-state index in [1.807, 2.05) is 7.05 Å². The molecule has 1 atom stereocenters. The van der Waals surface area contributed by atoms with Gasteiger partial charge in [-0.05, 0) is 56.1 Å². The molecule has 2 aromatic carbocycles. The molecule has 0 aromatic heterocycles. The van der Waals surface area contributed by atoms with Gasteiger partial charge in [-0.3, -0.25) is 0 Å². The summed E-state index contributed by atoms with van der Waals surface area (Å²) in [7, 11) is 1.83. The molecule has 0 fully saturated rings. The van der Waals surface area contributed by atoms with Gasteiger partial charge in [0.25, 0.3) is 0 Å². The van der Waals surface area contributed by atoms with Gasteiger partial charge in [0.05, 0.1) is 0 Å². The largest absolute Gasteiger partial charge is 0.313 e. The molecule has 0 bridgehead atoms. The van der Waals surface area contributed by atoms with Crippen LogP contribution in [-0.4, -0.2) is 7.05 Å². The van der Waals surface area contributed by atoms with E-state index in [1.54, 1.807) is 6.07 Å². The summed E-state index contributed by atoms with van der Waals surface area (Å²) in [6.45, 7) is 4.11. The fraction of sp³-hybridized carbons (Fsp3) is 0.294. The Kier molecular flexibility index (Phi) is 4.50. The highest BCUT2D eigenvalue weighted by molar-refractivity contribution is 5.33. The molecule has 2 rings (SSSR count). The molecule has 0 spiro atoms. The second-order valence-corrected chi connectivity index (χ2v) is 5.15. The summed E-state index contributed by atoms with van der Waals surface area (Å²) in [5.74, 6) is -1.61. The van der Waals surface area contributed by atoms with Crippen LogP contribution in [0, 0.1) is 25.5 Å².